The van der Waals surface area contributed by atoms with E-state index < -0.39 is 0 Å². The Hall–Kier alpha value is -1.79. The van der Waals surface area contributed by atoms with Crippen LogP contribution in [0.25, 0.3) is 10.9 Å². The molecule has 0 bridgehead atoms. The Morgan fingerprint density at radius 3 is 2.91 bits per heavy atom. The fourth-order valence-corrected chi connectivity index (χ4v) is 3.57. The molecule has 0 spiro atoms. The number of nitrogens with one attached hydrogen (secondary N) is 3. The lowest BCUT2D eigenvalue weighted by Gasteiger charge is -2.11. The summed E-state index contributed by atoms with van der Waals surface area (Å²) in [6, 6.07) is 7.78. The summed E-state index contributed by atoms with van der Waals surface area (Å²) in [4.78, 5) is 27.1. The molecule has 2 heterocycles. The molecule has 2 aromatic rings. The summed E-state index contributed by atoms with van der Waals surface area (Å²) in [7, 11) is 0. The summed E-state index contributed by atoms with van der Waals surface area (Å²) in [5.41, 5.74) is 2.48. The van der Waals surface area contributed by atoms with E-state index in [-0.39, 0.29) is 24.1 Å². The van der Waals surface area contributed by atoms with Crippen LogP contribution in [0.2, 0.25) is 0 Å². The van der Waals surface area contributed by atoms with Gasteiger partial charge in [0.1, 0.15) is 0 Å². The summed E-state index contributed by atoms with van der Waals surface area (Å²) in [5.74, 6) is 1.95. The zero-order chi connectivity index (χ0) is 16.4. The molecule has 0 saturated carbocycles. The lowest BCUT2D eigenvalue weighted by atomic mass is 10.0. The predicted octanol–water partition coefficient (Wildman–Crippen LogP) is 1.93. The van der Waals surface area contributed by atoms with Gasteiger partial charge in [-0.15, -0.1) is 11.8 Å². The lowest BCUT2D eigenvalue weighted by molar-refractivity contribution is -0.122. The first-order valence-electron chi connectivity index (χ1n) is 7.79. The van der Waals surface area contributed by atoms with Crippen LogP contribution in [0, 0.1) is 0 Å². The summed E-state index contributed by atoms with van der Waals surface area (Å²) in [5, 5.41) is 6.97. The van der Waals surface area contributed by atoms with Gasteiger partial charge in [-0.05, 0) is 35.1 Å². The number of hydrogen-bond acceptors (Lipinski definition) is 4. The van der Waals surface area contributed by atoms with E-state index in [9.17, 15) is 9.59 Å². The molecule has 1 aromatic carbocycles. The summed E-state index contributed by atoms with van der Waals surface area (Å²) in [6.07, 6.45) is 0. The number of H-pyrrole nitrogens is 1. The van der Waals surface area contributed by atoms with Crippen LogP contribution in [0.5, 0.6) is 0 Å². The van der Waals surface area contributed by atoms with Crippen LogP contribution >= 0.6 is 11.8 Å². The number of aromatic amines is 1. The molecule has 1 fully saturated rings. The molecule has 3 rings (SSSR count). The van der Waals surface area contributed by atoms with Crippen LogP contribution < -0.4 is 16.2 Å². The van der Waals surface area contributed by atoms with Crippen LogP contribution in [-0.4, -0.2) is 28.6 Å². The molecule has 23 heavy (non-hydrogen) atoms. The van der Waals surface area contributed by atoms with E-state index in [1.54, 1.807) is 11.8 Å². The Bertz CT molecular complexity index is 779. The number of carbonyl (C=O) groups is 1. The van der Waals surface area contributed by atoms with E-state index in [1.165, 1.54) is 5.56 Å². The molecule has 1 aliphatic rings. The first-order chi connectivity index (χ1) is 11.0. The summed E-state index contributed by atoms with van der Waals surface area (Å²) in [6.45, 7) is 4.53. The fraction of sp³-hybridized carbons (Fsp3) is 0.412. The van der Waals surface area contributed by atoms with Crippen molar-refractivity contribution < 1.29 is 4.79 Å². The minimum Gasteiger partial charge on any atom is -0.350 e. The monoisotopic (exact) mass is 331 g/mol. The van der Waals surface area contributed by atoms with Gasteiger partial charge in [0.15, 0.2) is 0 Å². The molecular formula is C17H21N3O2S. The first-order valence-corrected chi connectivity index (χ1v) is 8.95. The molecule has 1 amide bonds. The van der Waals surface area contributed by atoms with E-state index >= 15 is 0 Å². The number of pyridine rings is 1. The predicted molar refractivity (Wildman–Crippen MR) is 94.8 cm³/mol. The van der Waals surface area contributed by atoms with Crippen LogP contribution in [0.1, 0.15) is 30.9 Å². The van der Waals surface area contributed by atoms with E-state index in [0.717, 1.165) is 22.5 Å². The zero-order valence-electron chi connectivity index (χ0n) is 13.3. The molecule has 1 atom stereocenters. The maximum atomic E-state index is 12.2. The van der Waals surface area contributed by atoms with Crippen LogP contribution in [0.3, 0.4) is 0 Å². The minimum atomic E-state index is -0.160. The topological polar surface area (TPSA) is 74.0 Å². The number of amides is 1. The second-order valence-electron chi connectivity index (χ2n) is 6.11. The third-order valence-electron chi connectivity index (χ3n) is 4.10. The quantitative estimate of drug-likeness (QED) is 0.800. The highest BCUT2D eigenvalue weighted by Gasteiger charge is 2.22. The molecule has 5 nitrogen and oxygen atoms in total. The molecule has 3 N–H and O–H groups in total. The lowest BCUT2D eigenvalue weighted by Crippen LogP contribution is -2.42. The highest BCUT2D eigenvalue weighted by atomic mass is 32.2. The van der Waals surface area contributed by atoms with Gasteiger partial charge in [0.2, 0.25) is 5.91 Å². The molecule has 1 aliphatic heterocycles. The SMILES string of the molecule is CC(C)c1ccc2[nH]c(=O)c(CNC(=O)C3CSCN3)cc2c1. The normalized spacial score (nSPS) is 17.8. The van der Waals surface area contributed by atoms with Crippen LogP contribution in [0.4, 0.5) is 0 Å². The summed E-state index contributed by atoms with van der Waals surface area (Å²) >= 11 is 1.70. The van der Waals surface area contributed by atoms with E-state index in [1.807, 2.05) is 18.2 Å². The van der Waals surface area contributed by atoms with Crippen molar-refractivity contribution in [3.05, 3.63) is 45.7 Å². The van der Waals surface area contributed by atoms with Crippen molar-refractivity contribution in [1.82, 2.24) is 15.6 Å². The van der Waals surface area contributed by atoms with Gasteiger partial charge >= 0.3 is 0 Å². The average Bonchev–Trinajstić information content (AvgIpc) is 3.06. The standard InChI is InChI=1S/C17H21N3O2S/c1-10(2)11-3-4-14-12(5-11)6-13(16(21)20-14)7-18-17(22)15-8-23-9-19-15/h3-6,10,15,19H,7-9H2,1-2H3,(H,18,22)(H,20,21). The van der Waals surface area contributed by atoms with Crippen molar-refractivity contribution in [1.29, 1.82) is 0 Å². The number of benzene rings is 1. The number of thioether (sulfide) groups is 1. The molecule has 6 heteroatoms. The maximum Gasteiger partial charge on any atom is 0.253 e. The van der Waals surface area contributed by atoms with Crippen molar-refractivity contribution in [2.75, 3.05) is 11.6 Å². The smallest absolute Gasteiger partial charge is 0.253 e. The zero-order valence-corrected chi connectivity index (χ0v) is 14.1. The van der Waals surface area contributed by atoms with Crippen LogP contribution in [-0.2, 0) is 11.3 Å². The average molecular weight is 331 g/mol. The first kappa shape index (κ1) is 16.1. The van der Waals surface area contributed by atoms with Crippen molar-refractivity contribution in [3.8, 4) is 0 Å². The van der Waals surface area contributed by atoms with Crippen molar-refractivity contribution >= 4 is 28.6 Å². The second-order valence-corrected chi connectivity index (χ2v) is 7.14. The van der Waals surface area contributed by atoms with Gasteiger partial charge in [-0.1, -0.05) is 19.9 Å². The Morgan fingerprint density at radius 2 is 2.22 bits per heavy atom. The highest BCUT2D eigenvalue weighted by molar-refractivity contribution is 7.99. The Labute approximate surface area is 139 Å². The maximum absolute atomic E-state index is 12.2. The van der Waals surface area contributed by atoms with E-state index in [0.29, 0.717) is 11.5 Å². The second kappa shape index (κ2) is 6.76. The van der Waals surface area contributed by atoms with Crippen molar-refractivity contribution in [3.63, 3.8) is 0 Å². The molecule has 1 saturated heterocycles. The third-order valence-corrected chi connectivity index (χ3v) is 5.04. The summed E-state index contributed by atoms with van der Waals surface area (Å²) < 4.78 is 0. The van der Waals surface area contributed by atoms with E-state index in [2.05, 4.69) is 35.5 Å². The Balaban J connectivity index is 1.80. The number of fused-ring (bicyclic) bond motifs is 1. The number of aromatic nitrogens is 1. The molecule has 0 radical (unpaired) electrons. The number of rotatable bonds is 4. The van der Waals surface area contributed by atoms with Gasteiger partial charge in [0.05, 0.1) is 6.04 Å². The molecule has 1 unspecified atom stereocenters. The van der Waals surface area contributed by atoms with Gasteiger partial charge < -0.3 is 10.3 Å². The molecular weight excluding hydrogens is 310 g/mol. The van der Waals surface area contributed by atoms with Crippen molar-refractivity contribution in [2.45, 2.75) is 32.4 Å². The highest BCUT2D eigenvalue weighted by Crippen LogP contribution is 2.20. The Kier molecular flexibility index (Phi) is 4.73. The van der Waals surface area contributed by atoms with Crippen molar-refractivity contribution in [2.24, 2.45) is 0 Å². The Morgan fingerprint density at radius 1 is 1.39 bits per heavy atom. The third kappa shape index (κ3) is 3.59. The number of carbonyl (C=O) groups excluding carboxylic acids is 1. The van der Waals surface area contributed by atoms with Gasteiger partial charge in [-0.3, -0.25) is 14.9 Å². The number of hydrogen-bond donors (Lipinski definition) is 3. The largest absolute Gasteiger partial charge is 0.350 e. The molecule has 122 valence electrons. The molecule has 1 aromatic heterocycles. The van der Waals surface area contributed by atoms with E-state index in [4.69, 9.17) is 0 Å². The van der Waals surface area contributed by atoms with Gasteiger partial charge in [0.25, 0.3) is 5.56 Å². The van der Waals surface area contributed by atoms with Crippen LogP contribution in [0.15, 0.2) is 29.1 Å². The van der Waals surface area contributed by atoms with Gasteiger partial charge in [-0.2, -0.15) is 0 Å². The minimum absolute atomic E-state index is 0.0505. The molecule has 0 aliphatic carbocycles. The fourth-order valence-electron chi connectivity index (χ4n) is 2.63. The van der Waals surface area contributed by atoms with Gasteiger partial charge in [-0.25, -0.2) is 0 Å². The van der Waals surface area contributed by atoms with Gasteiger partial charge in [0, 0.05) is 29.3 Å².